The number of hydrogen-bond donors (Lipinski definition) is 1. The van der Waals surface area contributed by atoms with Crippen LogP contribution in [0.3, 0.4) is 0 Å². The fraction of sp³-hybridized carbons (Fsp3) is 0.750. The normalized spacial score (nSPS) is 18.3. The van der Waals surface area contributed by atoms with Crippen molar-refractivity contribution in [3.63, 3.8) is 0 Å². The van der Waals surface area contributed by atoms with Gasteiger partial charge in [0.15, 0.2) is 4.67 Å². The fourth-order valence-electron chi connectivity index (χ4n) is 3.16. The van der Waals surface area contributed by atoms with Gasteiger partial charge >= 0.3 is 0 Å². The molecule has 1 aliphatic carbocycles. The van der Waals surface area contributed by atoms with Crippen LogP contribution in [0, 0.1) is 5.92 Å². The van der Waals surface area contributed by atoms with E-state index < -0.39 is 0 Å². The molecule has 0 amide bonds. The first-order valence-corrected chi connectivity index (χ1v) is 8.62. The lowest BCUT2D eigenvalue weighted by Gasteiger charge is -2.35. The van der Waals surface area contributed by atoms with E-state index in [0.717, 1.165) is 22.9 Å². The van der Waals surface area contributed by atoms with Crippen molar-refractivity contribution >= 4 is 15.9 Å². The summed E-state index contributed by atoms with van der Waals surface area (Å²) < 4.78 is 6.57. The molecule has 0 spiro atoms. The molecule has 20 heavy (non-hydrogen) atoms. The highest BCUT2D eigenvalue weighted by molar-refractivity contribution is 9.10. The molecule has 1 saturated carbocycles. The number of halogens is 1. The largest absolute Gasteiger partial charge is 0.453 e. The third-order valence-electron chi connectivity index (χ3n) is 4.30. The average molecular weight is 343 g/mol. The Labute approximate surface area is 131 Å². The Balaban J connectivity index is 2.13. The van der Waals surface area contributed by atoms with Gasteiger partial charge in [0.1, 0.15) is 5.76 Å². The lowest BCUT2D eigenvalue weighted by molar-refractivity contribution is 0.115. The Bertz CT molecular complexity index is 399. The molecule has 0 bridgehead atoms. The number of rotatable bonds is 7. The summed E-state index contributed by atoms with van der Waals surface area (Å²) in [5.41, 5.74) is 6.07. The number of nitrogens with two attached hydrogens (primary N) is 1. The Morgan fingerprint density at radius 2 is 2.05 bits per heavy atom. The van der Waals surface area contributed by atoms with Gasteiger partial charge < -0.3 is 10.2 Å². The molecule has 114 valence electrons. The molecule has 0 aromatic carbocycles. The molecule has 1 aromatic rings. The van der Waals surface area contributed by atoms with Crippen molar-refractivity contribution in [1.82, 2.24) is 4.90 Å². The van der Waals surface area contributed by atoms with E-state index in [2.05, 4.69) is 40.7 Å². The first-order chi connectivity index (χ1) is 9.61. The molecule has 1 atom stereocenters. The third-order valence-corrected chi connectivity index (χ3v) is 4.73. The van der Waals surface area contributed by atoms with E-state index in [4.69, 9.17) is 10.2 Å². The Hall–Kier alpha value is -0.320. The Morgan fingerprint density at radius 1 is 1.35 bits per heavy atom. The van der Waals surface area contributed by atoms with Crippen molar-refractivity contribution in [3.8, 4) is 0 Å². The molecule has 2 rings (SSSR count). The van der Waals surface area contributed by atoms with Gasteiger partial charge in [-0.15, -0.1) is 0 Å². The second-order valence-corrected chi connectivity index (χ2v) is 7.03. The highest BCUT2D eigenvalue weighted by Gasteiger charge is 2.30. The summed E-state index contributed by atoms with van der Waals surface area (Å²) in [6.45, 7) is 6.30. The van der Waals surface area contributed by atoms with E-state index in [1.54, 1.807) is 0 Å². The summed E-state index contributed by atoms with van der Waals surface area (Å²) in [5.74, 6) is 1.72. The summed E-state index contributed by atoms with van der Waals surface area (Å²) >= 11 is 3.40. The molecule has 1 aliphatic rings. The molecule has 0 radical (unpaired) electrons. The molecule has 4 heteroatoms. The van der Waals surface area contributed by atoms with Crippen LogP contribution in [0.1, 0.15) is 57.8 Å². The summed E-state index contributed by atoms with van der Waals surface area (Å²) in [6, 6.07) is 4.90. The van der Waals surface area contributed by atoms with Crippen LogP contribution in [-0.4, -0.2) is 24.0 Å². The van der Waals surface area contributed by atoms with E-state index in [9.17, 15) is 0 Å². The van der Waals surface area contributed by atoms with E-state index in [1.165, 1.54) is 32.1 Å². The van der Waals surface area contributed by atoms with Crippen LogP contribution < -0.4 is 5.73 Å². The van der Waals surface area contributed by atoms with Crippen molar-refractivity contribution in [2.45, 2.75) is 58.0 Å². The van der Waals surface area contributed by atoms with Crippen molar-refractivity contribution in [2.75, 3.05) is 13.1 Å². The summed E-state index contributed by atoms with van der Waals surface area (Å²) in [4.78, 5) is 2.60. The van der Waals surface area contributed by atoms with E-state index in [-0.39, 0.29) is 6.04 Å². The molecular formula is C16H27BrN2O. The maximum atomic E-state index is 6.07. The quantitative estimate of drug-likeness (QED) is 0.801. The Morgan fingerprint density at radius 3 is 2.55 bits per heavy atom. The summed E-state index contributed by atoms with van der Waals surface area (Å²) in [6.07, 6.45) is 6.52. The van der Waals surface area contributed by atoms with Gasteiger partial charge in [-0.05, 0) is 59.8 Å². The number of furan rings is 1. The van der Waals surface area contributed by atoms with Gasteiger partial charge in [0.25, 0.3) is 0 Å². The third kappa shape index (κ3) is 4.09. The van der Waals surface area contributed by atoms with E-state index in [0.29, 0.717) is 12.6 Å². The highest BCUT2D eigenvalue weighted by Crippen LogP contribution is 2.32. The lowest BCUT2D eigenvalue weighted by atomic mass is 10.0. The molecule has 1 heterocycles. The molecular weight excluding hydrogens is 316 g/mol. The van der Waals surface area contributed by atoms with Crippen molar-refractivity contribution in [1.29, 1.82) is 0 Å². The van der Waals surface area contributed by atoms with Gasteiger partial charge in [-0.1, -0.05) is 26.7 Å². The fourth-order valence-corrected chi connectivity index (χ4v) is 3.48. The SMILES string of the molecule is CC(C)CCN(C1CCCC1)C(CN)c1ccc(Br)o1. The van der Waals surface area contributed by atoms with Gasteiger partial charge in [0.2, 0.25) is 0 Å². The molecule has 1 unspecified atom stereocenters. The second kappa shape index (κ2) is 7.62. The minimum absolute atomic E-state index is 0.211. The maximum Gasteiger partial charge on any atom is 0.169 e. The van der Waals surface area contributed by atoms with Gasteiger partial charge in [-0.3, -0.25) is 4.90 Å². The zero-order valence-electron chi connectivity index (χ0n) is 12.6. The molecule has 1 aromatic heterocycles. The molecule has 0 saturated heterocycles. The van der Waals surface area contributed by atoms with Crippen LogP contribution in [0.4, 0.5) is 0 Å². The predicted molar refractivity (Wildman–Crippen MR) is 86.6 cm³/mol. The molecule has 3 nitrogen and oxygen atoms in total. The van der Waals surface area contributed by atoms with Crippen LogP contribution in [0.15, 0.2) is 21.2 Å². The zero-order chi connectivity index (χ0) is 14.5. The second-order valence-electron chi connectivity index (χ2n) is 6.25. The molecule has 2 N–H and O–H groups in total. The van der Waals surface area contributed by atoms with Crippen LogP contribution >= 0.6 is 15.9 Å². The van der Waals surface area contributed by atoms with Crippen molar-refractivity contribution in [2.24, 2.45) is 11.7 Å². The standard InChI is InChI=1S/C16H27BrN2O/c1-12(2)9-10-19(13-5-3-4-6-13)14(11-18)15-7-8-16(17)20-15/h7-8,12-14H,3-6,9-11,18H2,1-2H3. The van der Waals surface area contributed by atoms with Crippen LogP contribution in [0.5, 0.6) is 0 Å². The first kappa shape index (κ1) is 16.1. The first-order valence-electron chi connectivity index (χ1n) is 7.83. The monoisotopic (exact) mass is 342 g/mol. The Kier molecular flexibility index (Phi) is 6.12. The number of hydrogen-bond acceptors (Lipinski definition) is 3. The minimum Gasteiger partial charge on any atom is -0.453 e. The lowest BCUT2D eigenvalue weighted by Crippen LogP contribution is -2.41. The number of nitrogens with zero attached hydrogens (tertiary/aromatic N) is 1. The van der Waals surface area contributed by atoms with Gasteiger partial charge in [0, 0.05) is 12.6 Å². The predicted octanol–water partition coefficient (Wildman–Crippen LogP) is 4.33. The van der Waals surface area contributed by atoms with Gasteiger partial charge in [0.05, 0.1) is 6.04 Å². The van der Waals surface area contributed by atoms with E-state index in [1.807, 2.05) is 6.07 Å². The highest BCUT2D eigenvalue weighted by atomic mass is 79.9. The van der Waals surface area contributed by atoms with Crippen molar-refractivity contribution < 1.29 is 4.42 Å². The van der Waals surface area contributed by atoms with Crippen LogP contribution in [0.2, 0.25) is 0 Å². The average Bonchev–Trinajstić information content (AvgIpc) is 3.05. The van der Waals surface area contributed by atoms with Crippen LogP contribution in [-0.2, 0) is 0 Å². The summed E-state index contributed by atoms with van der Waals surface area (Å²) in [7, 11) is 0. The smallest absolute Gasteiger partial charge is 0.169 e. The zero-order valence-corrected chi connectivity index (χ0v) is 14.2. The van der Waals surface area contributed by atoms with Gasteiger partial charge in [-0.25, -0.2) is 0 Å². The topological polar surface area (TPSA) is 42.4 Å². The van der Waals surface area contributed by atoms with Crippen LogP contribution in [0.25, 0.3) is 0 Å². The van der Waals surface area contributed by atoms with Gasteiger partial charge in [-0.2, -0.15) is 0 Å². The summed E-state index contributed by atoms with van der Waals surface area (Å²) in [5, 5.41) is 0. The van der Waals surface area contributed by atoms with E-state index >= 15 is 0 Å². The maximum absolute atomic E-state index is 6.07. The molecule has 1 fully saturated rings. The van der Waals surface area contributed by atoms with Crippen molar-refractivity contribution in [3.05, 3.63) is 22.6 Å². The molecule has 0 aliphatic heterocycles. The minimum atomic E-state index is 0.211.